The van der Waals surface area contributed by atoms with E-state index >= 15 is 0 Å². The largest absolute Gasteiger partial charge is 0.340 e. The highest BCUT2D eigenvalue weighted by molar-refractivity contribution is 5.36. The molecule has 0 aromatic carbocycles. The summed E-state index contributed by atoms with van der Waals surface area (Å²) in [6, 6.07) is 0.301. The highest BCUT2D eigenvalue weighted by atomic mass is 15.3. The average molecular weight is 275 g/mol. The van der Waals surface area contributed by atoms with E-state index in [1.54, 1.807) is 0 Å². The molecule has 1 saturated carbocycles. The van der Waals surface area contributed by atoms with Crippen molar-refractivity contribution in [1.29, 1.82) is 0 Å². The molecule has 20 heavy (non-hydrogen) atoms. The van der Waals surface area contributed by atoms with Gasteiger partial charge in [-0.2, -0.15) is 0 Å². The van der Waals surface area contributed by atoms with Crippen molar-refractivity contribution in [3.05, 3.63) is 18.0 Å². The van der Waals surface area contributed by atoms with Crippen LogP contribution in [0, 0.1) is 5.41 Å². The molecule has 5 nitrogen and oxygen atoms in total. The standard InChI is InChI=1S/C15H25N5/c1-14(2)9-20(10-14)13-18-7-11(8-19-13)15(17)5-3-12(16)4-6-15/h7-8,12H,3-6,9-10,16-17H2,1-2H3. The van der Waals surface area contributed by atoms with E-state index in [0.717, 1.165) is 50.3 Å². The molecule has 1 aromatic heterocycles. The highest BCUT2D eigenvalue weighted by Gasteiger charge is 2.36. The lowest BCUT2D eigenvalue weighted by Gasteiger charge is -2.45. The van der Waals surface area contributed by atoms with Crippen LogP contribution in [-0.4, -0.2) is 29.1 Å². The Bertz CT molecular complexity index is 466. The van der Waals surface area contributed by atoms with Gasteiger partial charge in [0.1, 0.15) is 0 Å². The number of nitrogens with zero attached hydrogens (tertiary/aromatic N) is 3. The van der Waals surface area contributed by atoms with E-state index in [-0.39, 0.29) is 5.54 Å². The summed E-state index contributed by atoms with van der Waals surface area (Å²) in [6.07, 6.45) is 7.63. The zero-order chi connectivity index (χ0) is 14.4. The molecule has 1 aromatic rings. The minimum atomic E-state index is -0.289. The zero-order valence-corrected chi connectivity index (χ0v) is 12.5. The first-order valence-corrected chi connectivity index (χ1v) is 7.50. The summed E-state index contributed by atoms with van der Waals surface area (Å²) in [5.74, 6) is 0.823. The molecular weight excluding hydrogens is 250 g/mol. The molecule has 0 unspecified atom stereocenters. The van der Waals surface area contributed by atoms with Gasteiger partial charge in [-0.15, -0.1) is 0 Å². The Kier molecular flexibility index (Phi) is 3.21. The third-order valence-electron chi connectivity index (χ3n) is 4.66. The maximum Gasteiger partial charge on any atom is 0.225 e. The van der Waals surface area contributed by atoms with Crippen LogP contribution < -0.4 is 16.4 Å². The van der Waals surface area contributed by atoms with Gasteiger partial charge in [0.2, 0.25) is 5.95 Å². The summed E-state index contributed by atoms with van der Waals surface area (Å²) < 4.78 is 0. The van der Waals surface area contributed by atoms with Crippen LogP contribution in [0.4, 0.5) is 5.95 Å². The van der Waals surface area contributed by atoms with Gasteiger partial charge in [0.05, 0.1) is 0 Å². The van der Waals surface area contributed by atoms with Crippen LogP contribution in [0.1, 0.15) is 45.1 Å². The molecule has 110 valence electrons. The second-order valence-corrected chi connectivity index (χ2v) is 7.29. The van der Waals surface area contributed by atoms with Crippen LogP contribution in [0.3, 0.4) is 0 Å². The molecular formula is C15H25N5. The van der Waals surface area contributed by atoms with Crippen LogP contribution in [0.25, 0.3) is 0 Å². The first kappa shape index (κ1) is 13.8. The molecule has 1 aliphatic heterocycles. The van der Waals surface area contributed by atoms with Gasteiger partial charge in [-0.05, 0) is 31.1 Å². The molecule has 2 fully saturated rings. The number of hydrogen-bond acceptors (Lipinski definition) is 5. The fraction of sp³-hybridized carbons (Fsp3) is 0.733. The summed E-state index contributed by atoms with van der Waals surface area (Å²) in [5.41, 5.74) is 13.6. The molecule has 2 aliphatic rings. The van der Waals surface area contributed by atoms with Gasteiger partial charge in [0.25, 0.3) is 0 Å². The molecule has 1 aliphatic carbocycles. The van der Waals surface area contributed by atoms with Crippen molar-refractivity contribution in [3.63, 3.8) is 0 Å². The summed E-state index contributed by atoms with van der Waals surface area (Å²) in [6.45, 7) is 6.57. The topological polar surface area (TPSA) is 81.1 Å². The summed E-state index contributed by atoms with van der Waals surface area (Å²) >= 11 is 0. The molecule has 0 radical (unpaired) electrons. The van der Waals surface area contributed by atoms with E-state index in [9.17, 15) is 0 Å². The van der Waals surface area contributed by atoms with E-state index in [1.807, 2.05) is 12.4 Å². The molecule has 4 N–H and O–H groups in total. The SMILES string of the molecule is CC1(C)CN(c2ncc(C3(N)CCC(N)CC3)cn2)C1. The molecule has 3 rings (SSSR count). The Morgan fingerprint density at radius 2 is 1.70 bits per heavy atom. The van der Waals surface area contributed by atoms with Gasteiger partial charge in [0, 0.05) is 42.6 Å². The van der Waals surface area contributed by atoms with Gasteiger partial charge in [-0.3, -0.25) is 0 Å². The Balaban J connectivity index is 1.70. The smallest absolute Gasteiger partial charge is 0.225 e. The predicted octanol–water partition coefficient (Wildman–Crippen LogP) is 1.38. The van der Waals surface area contributed by atoms with Gasteiger partial charge < -0.3 is 16.4 Å². The Hall–Kier alpha value is -1.20. The average Bonchev–Trinajstić information content (AvgIpc) is 2.40. The minimum absolute atomic E-state index is 0.289. The fourth-order valence-corrected chi connectivity index (χ4v) is 3.31. The molecule has 1 saturated heterocycles. The number of rotatable bonds is 2. The van der Waals surface area contributed by atoms with Crippen molar-refractivity contribution in [2.45, 2.75) is 51.1 Å². The van der Waals surface area contributed by atoms with E-state index in [4.69, 9.17) is 11.5 Å². The fourth-order valence-electron chi connectivity index (χ4n) is 3.31. The maximum atomic E-state index is 6.51. The third-order valence-corrected chi connectivity index (χ3v) is 4.66. The number of anilines is 1. The molecule has 2 heterocycles. The van der Waals surface area contributed by atoms with Gasteiger partial charge >= 0.3 is 0 Å². The van der Waals surface area contributed by atoms with Crippen molar-refractivity contribution in [2.24, 2.45) is 16.9 Å². The summed E-state index contributed by atoms with van der Waals surface area (Å²) in [4.78, 5) is 11.2. The van der Waals surface area contributed by atoms with Crippen molar-refractivity contribution in [1.82, 2.24) is 9.97 Å². The number of nitrogens with two attached hydrogens (primary N) is 2. The van der Waals surface area contributed by atoms with Crippen LogP contribution >= 0.6 is 0 Å². The summed E-state index contributed by atoms with van der Waals surface area (Å²) in [7, 11) is 0. The molecule has 0 spiro atoms. The van der Waals surface area contributed by atoms with Gasteiger partial charge in [0.15, 0.2) is 0 Å². The Labute approximate surface area is 120 Å². The third kappa shape index (κ3) is 2.52. The maximum absolute atomic E-state index is 6.51. The number of hydrogen-bond donors (Lipinski definition) is 2. The van der Waals surface area contributed by atoms with Gasteiger partial charge in [-0.1, -0.05) is 13.8 Å². The van der Waals surface area contributed by atoms with Gasteiger partial charge in [-0.25, -0.2) is 9.97 Å². The monoisotopic (exact) mass is 275 g/mol. The zero-order valence-electron chi connectivity index (χ0n) is 12.5. The lowest BCUT2D eigenvalue weighted by atomic mass is 9.77. The molecule has 0 amide bonds. The minimum Gasteiger partial charge on any atom is -0.340 e. The molecule has 0 bridgehead atoms. The molecule has 5 heteroatoms. The normalized spacial score (nSPS) is 32.8. The second-order valence-electron chi connectivity index (χ2n) is 7.29. The van der Waals surface area contributed by atoms with Crippen LogP contribution in [0.2, 0.25) is 0 Å². The first-order valence-electron chi connectivity index (χ1n) is 7.50. The second kappa shape index (κ2) is 4.67. The first-order chi connectivity index (χ1) is 9.38. The lowest BCUT2D eigenvalue weighted by Crippen LogP contribution is -2.53. The van der Waals surface area contributed by atoms with E-state index < -0.39 is 0 Å². The predicted molar refractivity (Wildman–Crippen MR) is 80.3 cm³/mol. The van der Waals surface area contributed by atoms with Crippen molar-refractivity contribution in [2.75, 3.05) is 18.0 Å². The van der Waals surface area contributed by atoms with Crippen molar-refractivity contribution < 1.29 is 0 Å². The highest BCUT2D eigenvalue weighted by Crippen LogP contribution is 2.35. The lowest BCUT2D eigenvalue weighted by molar-refractivity contribution is 0.269. The van der Waals surface area contributed by atoms with Crippen LogP contribution in [0.5, 0.6) is 0 Å². The summed E-state index contributed by atoms with van der Waals surface area (Å²) in [5, 5.41) is 0. The molecule has 0 atom stereocenters. The van der Waals surface area contributed by atoms with E-state index in [0.29, 0.717) is 11.5 Å². The van der Waals surface area contributed by atoms with Crippen molar-refractivity contribution >= 4 is 5.95 Å². The Morgan fingerprint density at radius 3 is 2.20 bits per heavy atom. The van der Waals surface area contributed by atoms with Crippen LogP contribution in [-0.2, 0) is 5.54 Å². The van der Waals surface area contributed by atoms with E-state index in [2.05, 4.69) is 28.7 Å². The quantitative estimate of drug-likeness (QED) is 0.852. The Morgan fingerprint density at radius 1 is 1.15 bits per heavy atom. The van der Waals surface area contributed by atoms with E-state index in [1.165, 1.54) is 0 Å². The number of aromatic nitrogens is 2. The van der Waals surface area contributed by atoms with Crippen LogP contribution in [0.15, 0.2) is 12.4 Å². The van der Waals surface area contributed by atoms with Crippen molar-refractivity contribution in [3.8, 4) is 0 Å².